The number of rotatable bonds is 4. The van der Waals surface area contributed by atoms with E-state index in [4.69, 9.17) is 16.3 Å². The van der Waals surface area contributed by atoms with Gasteiger partial charge in [0.1, 0.15) is 0 Å². The van der Waals surface area contributed by atoms with Gasteiger partial charge in [0.15, 0.2) is 0 Å². The number of nitrogens with zero attached hydrogens (tertiary/aromatic N) is 1. The number of pyridine rings is 1. The molecule has 1 aromatic heterocycles. The van der Waals surface area contributed by atoms with Crippen LogP contribution >= 0.6 is 11.6 Å². The Balaban J connectivity index is 1.78. The Kier molecular flexibility index (Phi) is 4.16. The normalized spacial score (nSPS) is 24.9. The molecule has 2 rings (SSSR count). The first kappa shape index (κ1) is 11.8. The van der Waals surface area contributed by atoms with E-state index in [9.17, 15) is 0 Å². The molecule has 0 aromatic carbocycles. The van der Waals surface area contributed by atoms with E-state index in [1.165, 1.54) is 0 Å². The summed E-state index contributed by atoms with van der Waals surface area (Å²) in [6, 6.07) is 1.95. The molecule has 0 amide bonds. The van der Waals surface area contributed by atoms with Crippen LogP contribution in [0.5, 0.6) is 0 Å². The predicted octanol–water partition coefficient (Wildman–Crippen LogP) is 2.25. The van der Waals surface area contributed by atoms with Crippen molar-refractivity contribution in [3.63, 3.8) is 0 Å². The van der Waals surface area contributed by atoms with Gasteiger partial charge < -0.3 is 10.1 Å². The van der Waals surface area contributed by atoms with E-state index in [2.05, 4.69) is 17.2 Å². The second kappa shape index (κ2) is 5.62. The van der Waals surface area contributed by atoms with Gasteiger partial charge in [0, 0.05) is 32.1 Å². The SMILES string of the molecule is CC1OCCC1CNCc1ccncc1Cl. The van der Waals surface area contributed by atoms with Crippen molar-refractivity contribution in [1.29, 1.82) is 0 Å². The van der Waals surface area contributed by atoms with Crippen LogP contribution in [0, 0.1) is 5.92 Å². The fourth-order valence-corrected chi connectivity index (χ4v) is 2.17. The molecule has 88 valence electrons. The fourth-order valence-electron chi connectivity index (χ4n) is 1.98. The van der Waals surface area contributed by atoms with E-state index in [0.717, 1.165) is 36.7 Å². The molecule has 3 nitrogen and oxygen atoms in total. The largest absolute Gasteiger partial charge is 0.378 e. The van der Waals surface area contributed by atoms with Gasteiger partial charge in [-0.1, -0.05) is 11.6 Å². The molecule has 1 saturated heterocycles. The molecule has 2 unspecified atom stereocenters. The molecule has 1 fully saturated rings. The number of ether oxygens (including phenoxy) is 1. The van der Waals surface area contributed by atoms with Crippen molar-refractivity contribution in [3.8, 4) is 0 Å². The van der Waals surface area contributed by atoms with Crippen molar-refractivity contribution in [3.05, 3.63) is 29.0 Å². The number of nitrogens with one attached hydrogen (secondary N) is 1. The van der Waals surface area contributed by atoms with Gasteiger partial charge in [-0.05, 0) is 30.9 Å². The van der Waals surface area contributed by atoms with Crippen LogP contribution in [-0.2, 0) is 11.3 Å². The standard InChI is InChI=1S/C12H17ClN2O/c1-9-10(3-5-16-9)6-15-7-11-2-4-14-8-12(11)13/h2,4,8-10,15H,3,5-7H2,1H3. The van der Waals surface area contributed by atoms with E-state index in [0.29, 0.717) is 12.0 Å². The number of halogens is 1. The molecule has 2 heterocycles. The average Bonchev–Trinajstić information content (AvgIpc) is 2.67. The Labute approximate surface area is 101 Å². The van der Waals surface area contributed by atoms with Crippen molar-refractivity contribution >= 4 is 11.6 Å². The lowest BCUT2D eigenvalue weighted by molar-refractivity contribution is 0.105. The van der Waals surface area contributed by atoms with Crippen LogP contribution in [0.1, 0.15) is 18.9 Å². The zero-order valence-corrected chi connectivity index (χ0v) is 10.2. The molecule has 1 aliphatic rings. The minimum absolute atomic E-state index is 0.375. The summed E-state index contributed by atoms with van der Waals surface area (Å²) in [5.41, 5.74) is 1.10. The molecule has 1 aromatic rings. The van der Waals surface area contributed by atoms with Crippen LogP contribution < -0.4 is 5.32 Å². The van der Waals surface area contributed by atoms with Gasteiger partial charge in [0.2, 0.25) is 0 Å². The number of hydrogen-bond donors (Lipinski definition) is 1. The highest BCUT2D eigenvalue weighted by Gasteiger charge is 2.23. The molecule has 0 saturated carbocycles. The van der Waals surface area contributed by atoms with Crippen molar-refractivity contribution in [2.75, 3.05) is 13.2 Å². The van der Waals surface area contributed by atoms with Crippen LogP contribution in [-0.4, -0.2) is 24.2 Å². The predicted molar refractivity (Wildman–Crippen MR) is 64.5 cm³/mol. The van der Waals surface area contributed by atoms with Crippen LogP contribution in [0.3, 0.4) is 0 Å². The van der Waals surface area contributed by atoms with Gasteiger partial charge >= 0.3 is 0 Å². The molecule has 0 spiro atoms. The third-order valence-electron chi connectivity index (χ3n) is 3.11. The first-order chi connectivity index (χ1) is 7.77. The number of aromatic nitrogens is 1. The van der Waals surface area contributed by atoms with Gasteiger partial charge in [0.05, 0.1) is 11.1 Å². The highest BCUT2D eigenvalue weighted by Crippen LogP contribution is 2.19. The number of hydrogen-bond acceptors (Lipinski definition) is 3. The van der Waals surface area contributed by atoms with E-state index in [1.807, 2.05) is 6.07 Å². The lowest BCUT2D eigenvalue weighted by Gasteiger charge is -2.14. The minimum Gasteiger partial charge on any atom is -0.378 e. The van der Waals surface area contributed by atoms with Crippen LogP contribution in [0.4, 0.5) is 0 Å². The zero-order valence-electron chi connectivity index (χ0n) is 9.45. The molecular weight excluding hydrogens is 224 g/mol. The van der Waals surface area contributed by atoms with Crippen LogP contribution in [0.2, 0.25) is 5.02 Å². The molecule has 16 heavy (non-hydrogen) atoms. The summed E-state index contributed by atoms with van der Waals surface area (Å²) in [5, 5.41) is 4.15. The summed E-state index contributed by atoms with van der Waals surface area (Å²) < 4.78 is 5.52. The first-order valence-electron chi connectivity index (χ1n) is 5.68. The summed E-state index contributed by atoms with van der Waals surface area (Å²) in [6.07, 6.45) is 4.97. The summed E-state index contributed by atoms with van der Waals surface area (Å²) in [6.45, 7) is 4.81. The molecule has 0 radical (unpaired) electrons. The van der Waals surface area contributed by atoms with E-state index in [1.54, 1.807) is 12.4 Å². The van der Waals surface area contributed by atoms with E-state index >= 15 is 0 Å². The molecule has 0 bridgehead atoms. The summed E-state index contributed by atoms with van der Waals surface area (Å²) >= 11 is 6.02. The monoisotopic (exact) mass is 240 g/mol. The maximum absolute atomic E-state index is 6.02. The third-order valence-corrected chi connectivity index (χ3v) is 3.45. The fraction of sp³-hybridized carbons (Fsp3) is 0.583. The van der Waals surface area contributed by atoms with E-state index < -0.39 is 0 Å². The molecule has 2 atom stereocenters. The van der Waals surface area contributed by atoms with Crippen LogP contribution in [0.15, 0.2) is 18.5 Å². The first-order valence-corrected chi connectivity index (χ1v) is 6.06. The van der Waals surface area contributed by atoms with Gasteiger partial charge in [-0.2, -0.15) is 0 Å². The molecule has 4 heteroatoms. The maximum atomic E-state index is 6.02. The topological polar surface area (TPSA) is 34.1 Å². The molecule has 1 aliphatic heterocycles. The average molecular weight is 241 g/mol. The minimum atomic E-state index is 0.375. The van der Waals surface area contributed by atoms with Crippen molar-refractivity contribution in [2.45, 2.75) is 26.0 Å². The van der Waals surface area contributed by atoms with Gasteiger partial charge in [-0.15, -0.1) is 0 Å². The Hall–Kier alpha value is -0.640. The summed E-state index contributed by atoms with van der Waals surface area (Å²) in [7, 11) is 0. The smallest absolute Gasteiger partial charge is 0.0634 e. The van der Waals surface area contributed by atoms with Gasteiger partial charge in [-0.25, -0.2) is 0 Å². The lowest BCUT2D eigenvalue weighted by atomic mass is 10.0. The summed E-state index contributed by atoms with van der Waals surface area (Å²) in [5.74, 6) is 0.626. The molecule has 0 aliphatic carbocycles. The highest BCUT2D eigenvalue weighted by atomic mass is 35.5. The van der Waals surface area contributed by atoms with Gasteiger partial charge in [0.25, 0.3) is 0 Å². The quantitative estimate of drug-likeness (QED) is 0.877. The lowest BCUT2D eigenvalue weighted by Crippen LogP contribution is -2.26. The van der Waals surface area contributed by atoms with Crippen molar-refractivity contribution < 1.29 is 4.74 Å². The summed E-state index contributed by atoms with van der Waals surface area (Å²) in [4.78, 5) is 3.96. The van der Waals surface area contributed by atoms with Crippen molar-refractivity contribution in [2.24, 2.45) is 5.92 Å². The van der Waals surface area contributed by atoms with Gasteiger partial charge in [-0.3, -0.25) is 4.98 Å². The zero-order chi connectivity index (χ0) is 11.4. The second-order valence-electron chi connectivity index (χ2n) is 4.22. The maximum Gasteiger partial charge on any atom is 0.0634 e. The Morgan fingerprint density at radius 3 is 3.19 bits per heavy atom. The van der Waals surface area contributed by atoms with Crippen LogP contribution in [0.25, 0.3) is 0 Å². The highest BCUT2D eigenvalue weighted by molar-refractivity contribution is 6.31. The molecule has 1 N–H and O–H groups in total. The Morgan fingerprint density at radius 2 is 2.50 bits per heavy atom. The Bertz CT molecular complexity index is 346. The molecular formula is C12H17ClN2O. The van der Waals surface area contributed by atoms with E-state index in [-0.39, 0.29) is 0 Å². The Morgan fingerprint density at radius 1 is 1.62 bits per heavy atom. The third kappa shape index (κ3) is 2.94. The van der Waals surface area contributed by atoms with Crippen molar-refractivity contribution in [1.82, 2.24) is 10.3 Å². The second-order valence-corrected chi connectivity index (χ2v) is 4.63.